The highest BCUT2D eigenvalue weighted by atomic mass is 16.5. The summed E-state index contributed by atoms with van der Waals surface area (Å²) >= 11 is 0. The molecule has 1 aromatic carbocycles. The Morgan fingerprint density at radius 1 is 1.38 bits per heavy atom. The molecule has 2 N–H and O–H groups in total. The van der Waals surface area contributed by atoms with Gasteiger partial charge in [0.15, 0.2) is 0 Å². The predicted molar refractivity (Wildman–Crippen MR) is 75.5 cm³/mol. The second kappa shape index (κ2) is 6.51. The number of rotatable bonds is 5. The number of carbonyl (C=O) groups is 2. The van der Waals surface area contributed by atoms with Crippen LogP contribution in [-0.4, -0.2) is 22.1 Å². The molecular formula is C15H14N2O4. The topological polar surface area (TPSA) is 92.4 Å². The summed E-state index contributed by atoms with van der Waals surface area (Å²) in [5, 5.41) is 15.1. The maximum absolute atomic E-state index is 12.0. The van der Waals surface area contributed by atoms with Crippen molar-refractivity contribution in [2.75, 3.05) is 0 Å². The SMILES string of the molecule is Cc1cc(CNC(=O)c2cccc(C=CC(=O)O)c2)no1. The molecule has 0 aliphatic heterocycles. The zero-order valence-corrected chi connectivity index (χ0v) is 11.4. The molecule has 1 aromatic heterocycles. The highest BCUT2D eigenvalue weighted by Crippen LogP contribution is 2.08. The lowest BCUT2D eigenvalue weighted by atomic mass is 10.1. The van der Waals surface area contributed by atoms with Crippen molar-refractivity contribution >= 4 is 18.0 Å². The molecule has 0 spiro atoms. The molecule has 1 heterocycles. The van der Waals surface area contributed by atoms with Crippen LogP contribution < -0.4 is 5.32 Å². The van der Waals surface area contributed by atoms with Crippen molar-refractivity contribution in [3.63, 3.8) is 0 Å². The summed E-state index contributed by atoms with van der Waals surface area (Å²) in [6, 6.07) is 8.42. The van der Waals surface area contributed by atoms with E-state index in [-0.39, 0.29) is 12.5 Å². The zero-order valence-electron chi connectivity index (χ0n) is 11.4. The molecule has 6 nitrogen and oxygen atoms in total. The number of nitrogens with one attached hydrogen (secondary N) is 1. The van der Waals surface area contributed by atoms with E-state index >= 15 is 0 Å². The number of benzene rings is 1. The van der Waals surface area contributed by atoms with E-state index in [1.807, 2.05) is 0 Å². The van der Waals surface area contributed by atoms with Gasteiger partial charge in [0.05, 0.1) is 6.54 Å². The van der Waals surface area contributed by atoms with Gasteiger partial charge >= 0.3 is 5.97 Å². The van der Waals surface area contributed by atoms with E-state index in [2.05, 4.69) is 10.5 Å². The summed E-state index contributed by atoms with van der Waals surface area (Å²) < 4.78 is 4.91. The molecule has 0 unspecified atom stereocenters. The van der Waals surface area contributed by atoms with Crippen LogP contribution in [0.15, 0.2) is 40.9 Å². The van der Waals surface area contributed by atoms with Gasteiger partial charge in [0.25, 0.3) is 5.91 Å². The van der Waals surface area contributed by atoms with E-state index in [0.717, 1.165) is 6.08 Å². The second-order valence-corrected chi connectivity index (χ2v) is 4.41. The lowest BCUT2D eigenvalue weighted by Gasteiger charge is -2.03. The highest BCUT2D eigenvalue weighted by Gasteiger charge is 2.07. The molecule has 0 aliphatic carbocycles. The van der Waals surface area contributed by atoms with Gasteiger partial charge in [0.1, 0.15) is 11.5 Å². The molecule has 0 fully saturated rings. The fourth-order valence-corrected chi connectivity index (χ4v) is 1.73. The summed E-state index contributed by atoms with van der Waals surface area (Å²) in [4.78, 5) is 22.5. The summed E-state index contributed by atoms with van der Waals surface area (Å²) in [7, 11) is 0. The van der Waals surface area contributed by atoms with Crippen LogP contribution in [0.1, 0.15) is 27.4 Å². The van der Waals surface area contributed by atoms with Gasteiger partial charge in [-0.1, -0.05) is 17.3 Å². The first kappa shape index (κ1) is 14.5. The number of nitrogens with zero attached hydrogens (tertiary/aromatic N) is 1. The van der Waals surface area contributed by atoms with E-state index in [4.69, 9.17) is 9.63 Å². The molecule has 2 aromatic rings. The first-order valence-electron chi connectivity index (χ1n) is 6.26. The average Bonchev–Trinajstić information content (AvgIpc) is 2.88. The Morgan fingerprint density at radius 2 is 2.19 bits per heavy atom. The van der Waals surface area contributed by atoms with Crippen LogP contribution in [0.4, 0.5) is 0 Å². The van der Waals surface area contributed by atoms with Gasteiger partial charge in [0, 0.05) is 17.7 Å². The maximum atomic E-state index is 12.0. The Morgan fingerprint density at radius 3 is 2.86 bits per heavy atom. The van der Waals surface area contributed by atoms with Crippen LogP contribution in [0, 0.1) is 6.92 Å². The lowest BCUT2D eigenvalue weighted by Crippen LogP contribution is -2.22. The van der Waals surface area contributed by atoms with Gasteiger partial charge in [-0.15, -0.1) is 0 Å². The van der Waals surface area contributed by atoms with E-state index in [1.165, 1.54) is 6.08 Å². The van der Waals surface area contributed by atoms with E-state index in [9.17, 15) is 9.59 Å². The molecule has 0 aliphatic rings. The first-order chi connectivity index (χ1) is 10.0. The monoisotopic (exact) mass is 286 g/mol. The Labute approximate surface area is 121 Å². The summed E-state index contributed by atoms with van der Waals surface area (Å²) in [5.41, 5.74) is 1.73. The molecule has 108 valence electrons. The third-order valence-corrected chi connectivity index (χ3v) is 2.67. The minimum Gasteiger partial charge on any atom is -0.478 e. The Balaban J connectivity index is 2.02. The van der Waals surface area contributed by atoms with Crippen molar-refractivity contribution in [3.8, 4) is 0 Å². The molecule has 21 heavy (non-hydrogen) atoms. The van der Waals surface area contributed by atoms with Gasteiger partial charge in [-0.25, -0.2) is 4.79 Å². The summed E-state index contributed by atoms with van der Waals surface area (Å²) in [6.45, 7) is 2.04. The molecule has 0 radical (unpaired) electrons. The van der Waals surface area contributed by atoms with Crippen molar-refractivity contribution in [1.29, 1.82) is 0 Å². The molecule has 0 atom stereocenters. The number of carboxylic acids is 1. The third-order valence-electron chi connectivity index (χ3n) is 2.67. The first-order valence-corrected chi connectivity index (χ1v) is 6.26. The van der Waals surface area contributed by atoms with E-state index in [1.54, 1.807) is 37.3 Å². The van der Waals surface area contributed by atoms with Crippen LogP contribution >= 0.6 is 0 Å². The summed E-state index contributed by atoms with van der Waals surface area (Å²) in [5.74, 6) is -0.618. The molecule has 6 heteroatoms. The number of aromatic nitrogens is 1. The average molecular weight is 286 g/mol. The van der Waals surface area contributed by atoms with Crippen LogP contribution in [0.3, 0.4) is 0 Å². The van der Waals surface area contributed by atoms with Gasteiger partial charge in [0.2, 0.25) is 0 Å². The number of hydrogen-bond donors (Lipinski definition) is 2. The van der Waals surface area contributed by atoms with Gasteiger partial charge < -0.3 is 14.9 Å². The van der Waals surface area contributed by atoms with Crippen LogP contribution in [0.2, 0.25) is 0 Å². The third kappa shape index (κ3) is 4.31. The largest absolute Gasteiger partial charge is 0.478 e. The van der Waals surface area contributed by atoms with Gasteiger partial charge in [-0.05, 0) is 30.7 Å². The minimum atomic E-state index is -1.04. The van der Waals surface area contributed by atoms with Crippen molar-refractivity contribution in [1.82, 2.24) is 10.5 Å². The number of carbonyl (C=O) groups excluding carboxylic acids is 1. The van der Waals surface area contributed by atoms with Crippen molar-refractivity contribution in [2.24, 2.45) is 0 Å². The second-order valence-electron chi connectivity index (χ2n) is 4.41. The fraction of sp³-hybridized carbons (Fsp3) is 0.133. The van der Waals surface area contributed by atoms with Gasteiger partial charge in [-0.2, -0.15) is 0 Å². The van der Waals surface area contributed by atoms with E-state index < -0.39 is 5.97 Å². The zero-order chi connectivity index (χ0) is 15.2. The molecule has 0 saturated carbocycles. The quantitative estimate of drug-likeness (QED) is 0.820. The number of carboxylic acid groups (broad SMARTS) is 1. The Bertz CT molecular complexity index is 688. The molecule has 0 bridgehead atoms. The van der Waals surface area contributed by atoms with Gasteiger partial charge in [-0.3, -0.25) is 4.79 Å². The maximum Gasteiger partial charge on any atom is 0.328 e. The van der Waals surface area contributed by atoms with Crippen LogP contribution in [0.5, 0.6) is 0 Å². The van der Waals surface area contributed by atoms with Crippen molar-refractivity contribution in [3.05, 3.63) is 59.0 Å². The van der Waals surface area contributed by atoms with Crippen LogP contribution in [0.25, 0.3) is 6.08 Å². The molecule has 0 saturated heterocycles. The Kier molecular flexibility index (Phi) is 4.50. The number of aryl methyl sites for hydroxylation is 1. The molecule has 2 rings (SSSR count). The Hall–Kier alpha value is -2.89. The summed E-state index contributed by atoms with van der Waals surface area (Å²) in [6.07, 6.45) is 2.45. The normalized spacial score (nSPS) is 10.7. The number of amides is 1. The highest BCUT2D eigenvalue weighted by molar-refractivity contribution is 5.95. The van der Waals surface area contributed by atoms with Crippen molar-refractivity contribution < 1.29 is 19.2 Å². The molecular weight excluding hydrogens is 272 g/mol. The van der Waals surface area contributed by atoms with E-state index in [0.29, 0.717) is 22.6 Å². The number of aliphatic carboxylic acids is 1. The number of hydrogen-bond acceptors (Lipinski definition) is 4. The standard InChI is InChI=1S/C15H14N2O4/c1-10-7-13(17-21-10)9-16-15(20)12-4-2-3-11(8-12)5-6-14(18)19/h2-8H,9H2,1H3,(H,16,20)(H,18,19). The molecule has 1 amide bonds. The fourth-order valence-electron chi connectivity index (χ4n) is 1.73. The minimum absolute atomic E-state index is 0.263. The lowest BCUT2D eigenvalue weighted by molar-refractivity contribution is -0.131. The van der Waals surface area contributed by atoms with Crippen molar-refractivity contribution in [2.45, 2.75) is 13.5 Å². The smallest absolute Gasteiger partial charge is 0.328 e. The predicted octanol–water partition coefficient (Wildman–Crippen LogP) is 2.01. The van der Waals surface area contributed by atoms with Crippen LogP contribution in [-0.2, 0) is 11.3 Å².